The lowest BCUT2D eigenvalue weighted by Crippen LogP contribution is -2.96. The molecule has 4 aliphatic carbocycles. The second kappa shape index (κ2) is 3.80. The summed E-state index contributed by atoms with van der Waals surface area (Å²) in [6, 6.07) is 6.66. The van der Waals surface area contributed by atoms with Crippen LogP contribution in [0.25, 0.3) is 0 Å². The summed E-state index contributed by atoms with van der Waals surface area (Å²) < 4.78 is 88.6. The van der Waals surface area contributed by atoms with Crippen LogP contribution in [-0.2, 0) is 0 Å². The van der Waals surface area contributed by atoms with Crippen LogP contribution in [0.5, 0.6) is 0 Å². The van der Waals surface area contributed by atoms with Gasteiger partial charge in [0, 0.05) is 11.8 Å². The summed E-state index contributed by atoms with van der Waals surface area (Å²) >= 11 is 0. The van der Waals surface area contributed by atoms with Crippen molar-refractivity contribution in [3.05, 3.63) is 42.0 Å². The number of fused-ring (bicyclic) bond motifs is 11. The minimum Gasteiger partial charge on any atom is -0.242 e. The number of allylic oxidation sites excluding steroid dienone is 2. The molecular formula is C17H11F6N3. The van der Waals surface area contributed by atoms with Gasteiger partial charge >= 0.3 is 0 Å². The molecule has 1 aromatic carbocycles. The average molecular weight is 371 g/mol. The Bertz CT molecular complexity index is 922. The van der Waals surface area contributed by atoms with E-state index in [-0.39, 0.29) is 6.42 Å². The molecule has 6 rings (SSSR count). The van der Waals surface area contributed by atoms with Crippen LogP contribution in [-0.4, -0.2) is 34.8 Å². The van der Waals surface area contributed by atoms with Crippen molar-refractivity contribution in [3.63, 3.8) is 0 Å². The van der Waals surface area contributed by atoms with Crippen LogP contribution in [0.1, 0.15) is 6.42 Å². The van der Waals surface area contributed by atoms with E-state index in [0.717, 1.165) is 0 Å². The lowest BCUT2D eigenvalue weighted by Gasteiger charge is -2.71. The minimum absolute atomic E-state index is 0.247. The quantitative estimate of drug-likeness (QED) is 0.535. The molecule has 136 valence electrons. The highest BCUT2D eigenvalue weighted by Crippen LogP contribution is 2.87. The SMILES string of the molecule is FC1=C(F)C2(F)C1(F)C1(F)C3CC(C4C3N=NN4c3ccccc3)C21F. The summed E-state index contributed by atoms with van der Waals surface area (Å²) in [7, 11) is 0. The van der Waals surface area contributed by atoms with Crippen LogP contribution < -0.4 is 5.01 Å². The molecule has 1 heterocycles. The summed E-state index contributed by atoms with van der Waals surface area (Å²) in [6.07, 6.45) is -0.247. The number of hydrogen-bond acceptors (Lipinski definition) is 3. The molecule has 8 atom stereocenters. The van der Waals surface area contributed by atoms with Gasteiger partial charge in [0.25, 0.3) is 0 Å². The van der Waals surface area contributed by atoms with E-state index >= 15 is 8.78 Å². The molecule has 0 radical (unpaired) electrons. The van der Waals surface area contributed by atoms with E-state index in [1.165, 1.54) is 5.01 Å². The number of halogens is 6. The van der Waals surface area contributed by atoms with Gasteiger partial charge in [-0.05, 0) is 18.6 Å². The van der Waals surface area contributed by atoms with E-state index < -0.39 is 58.2 Å². The van der Waals surface area contributed by atoms with Gasteiger partial charge in [-0.3, -0.25) is 0 Å². The van der Waals surface area contributed by atoms with Crippen molar-refractivity contribution in [2.45, 2.75) is 41.2 Å². The molecule has 8 unspecified atom stereocenters. The van der Waals surface area contributed by atoms with Gasteiger partial charge in [0.05, 0.1) is 11.7 Å². The fourth-order valence-corrected chi connectivity index (χ4v) is 6.12. The van der Waals surface area contributed by atoms with Crippen molar-refractivity contribution in [1.29, 1.82) is 0 Å². The van der Waals surface area contributed by atoms with Gasteiger partial charge in [0.2, 0.25) is 11.3 Å². The summed E-state index contributed by atoms with van der Waals surface area (Å²) in [5.74, 6) is -7.15. The first kappa shape index (κ1) is 15.0. The van der Waals surface area contributed by atoms with E-state index in [1.54, 1.807) is 30.3 Å². The number of para-hydroxylation sites is 1. The summed E-state index contributed by atoms with van der Waals surface area (Å²) in [6.45, 7) is 0. The molecule has 0 N–H and O–H groups in total. The highest BCUT2D eigenvalue weighted by Gasteiger charge is 3.08. The number of nitrogens with zero attached hydrogens (tertiary/aromatic N) is 3. The Labute approximate surface area is 143 Å². The highest BCUT2D eigenvalue weighted by atomic mass is 19.2. The Morgan fingerprint density at radius 1 is 0.885 bits per heavy atom. The first-order valence-corrected chi connectivity index (χ1v) is 8.33. The molecule has 0 amide bonds. The Morgan fingerprint density at radius 3 is 2.08 bits per heavy atom. The molecule has 9 heteroatoms. The molecule has 2 bridgehead atoms. The van der Waals surface area contributed by atoms with Crippen molar-refractivity contribution in [1.82, 2.24) is 0 Å². The Kier molecular flexibility index (Phi) is 2.20. The molecule has 3 fully saturated rings. The van der Waals surface area contributed by atoms with E-state index in [0.29, 0.717) is 5.69 Å². The zero-order valence-electron chi connectivity index (χ0n) is 13.0. The van der Waals surface area contributed by atoms with Gasteiger partial charge in [-0.25, -0.2) is 31.4 Å². The number of benzene rings is 1. The lowest BCUT2D eigenvalue weighted by molar-refractivity contribution is -0.368. The normalized spacial score (nSPS) is 55.4. The third-order valence-corrected chi connectivity index (χ3v) is 7.09. The summed E-state index contributed by atoms with van der Waals surface area (Å²) in [5, 5.41) is 9.20. The molecule has 1 aromatic rings. The van der Waals surface area contributed by atoms with E-state index in [1.807, 2.05) is 0 Å². The zero-order chi connectivity index (χ0) is 18.3. The first-order chi connectivity index (χ1) is 12.3. The fraction of sp³-hybridized carbons (Fsp3) is 0.529. The molecule has 5 aliphatic rings. The van der Waals surface area contributed by atoms with Crippen molar-refractivity contribution in [2.75, 3.05) is 5.01 Å². The smallest absolute Gasteiger partial charge is 0.242 e. The maximum atomic E-state index is 15.7. The van der Waals surface area contributed by atoms with E-state index in [9.17, 15) is 17.6 Å². The predicted molar refractivity (Wildman–Crippen MR) is 77.5 cm³/mol. The summed E-state index contributed by atoms with van der Waals surface area (Å²) in [5.41, 5.74) is -14.3. The highest BCUT2D eigenvalue weighted by molar-refractivity contribution is 5.66. The van der Waals surface area contributed by atoms with Crippen molar-refractivity contribution in [3.8, 4) is 0 Å². The monoisotopic (exact) mass is 371 g/mol. The van der Waals surface area contributed by atoms with Gasteiger partial charge < -0.3 is 0 Å². The summed E-state index contributed by atoms with van der Waals surface area (Å²) in [4.78, 5) is 0. The Hall–Kier alpha value is -2.06. The predicted octanol–water partition coefficient (Wildman–Crippen LogP) is 4.27. The van der Waals surface area contributed by atoms with Gasteiger partial charge in [-0.1, -0.05) is 23.4 Å². The molecule has 0 saturated heterocycles. The van der Waals surface area contributed by atoms with Crippen molar-refractivity contribution in [2.24, 2.45) is 22.2 Å². The topological polar surface area (TPSA) is 28.0 Å². The first-order valence-electron chi connectivity index (χ1n) is 8.33. The molecule has 0 spiro atoms. The lowest BCUT2D eigenvalue weighted by atomic mass is 9.38. The fourth-order valence-electron chi connectivity index (χ4n) is 6.12. The van der Waals surface area contributed by atoms with Crippen LogP contribution in [0.15, 0.2) is 52.3 Å². The Morgan fingerprint density at radius 2 is 1.46 bits per heavy atom. The van der Waals surface area contributed by atoms with Crippen LogP contribution in [0, 0.1) is 11.8 Å². The van der Waals surface area contributed by atoms with Gasteiger partial charge in [0.1, 0.15) is 6.04 Å². The van der Waals surface area contributed by atoms with E-state index in [4.69, 9.17) is 0 Å². The minimum atomic E-state index is -3.92. The molecule has 0 aromatic heterocycles. The third-order valence-electron chi connectivity index (χ3n) is 7.09. The molecule has 26 heavy (non-hydrogen) atoms. The maximum Gasteiger partial charge on any atom is 0.245 e. The number of alkyl halides is 4. The van der Waals surface area contributed by atoms with Crippen LogP contribution in [0.4, 0.5) is 32.0 Å². The maximum absolute atomic E-state index is 15.7. The zero-order valence-corrected chi connectivity index (χ0v) is 13.0. The number of anilines is 1. The number of hydrogen-bond donors (Lipinski definition) is 0. The van der Waals surface area contributed by atoms with Crippen molar-refractivity contribution >= 4 is 5.69 Å². The van der Waals surface area contributed by atoms with Crippen molar-refractivity contribution < 1.29 is 26.3 Å². The van der Waals surface area contributed by atoms with Crippen LogP contribution in [0.3, 0.4) is 0 Å². The molecular weight excluding hydrogens is 360 g/mol. The third kappa shape index (κ3) is 0.983. The van der Waals surface area contributed by atoms with Gasteiger partial charge in [-0.2, -0.15) is 5.11 Å². The second-order valence-electron chi connectivity index (χ2n) is 7.68. The number of rotatable bonds is 1. The van der Waals surface area contributed by atoms with E-state index in [2.05, 4.69) is 10.3 Å². The van der Waals surface area contributed by atoms with Crippen LogP contribution in [0.2, 0.25) is 0 Å². The van der Waals surface area contributed by atoms with Gasteiger partial charge in [-0.15, -0.1) is 0 Å². The second-order valence-corrected chi connectivity index (χ2v) is 7.68. The Balaban J connectivity index is 1.50. The van der Waals surface area contributed by atoms with Gasteiger partial charge in [0.15, 0.2) is 23.0 Å². The standard InChI is InChI=1S/C17H11F6N3/c18-12-13(19)17(23)15(21)9-6-8(14(15,20)16(12,17)22)10-11(9)26(25-24-10)7-4-2-1-3-5-7/h1-5,8-11H,6H2. The average Bonchev–Trinajstić information content (AvgIpc) is 3.30. The molecule has 3 nitrogen and oxygen atoms in total. The van der Waals surface area contributed by atoms with Crippen LogP contribution >= 0.6 is 0 Å². The molecule has 3 saturated carbocycles. The largest absolute Gasteiger partial charge is 0.245 e. The molecule has 1 aliphatic heterocycles.